The monoisotopic (exact) mass is 465 g/mol. The summed E-state index contributed by atoms with van der Waals surface area (Å²) in [4.78, 5) is 4.16. The van der Waals surface area contributed by atoms with Crippen molar-refractivity contribution in [3.8, 4) is 6.07 Å². The molecule has 0 heterocycles. The van der Waals surface area contributed by atoms with Gasteiger partial charge in [-0.25, -0.2) is 13.1 Å². The highest BCUT2D eigenvalue weighted by atomic mass is 35.5. The van der Waals surface area contributed by atoms with E-state index in [-0.39, 0.29) is 17.4 Å². The van der Waals surface area contributed by atoms with Crippen molar-refractivity contribution in [2.45, 2.75) is 10.8 Å². The van der Waals surface area contributed by atoms with E-state index in [2.05, 4.69) is 9.71 Å². The van der Waals surface area contributed by atoms with E-state index in [0.717, 1.165) is 5.56 Å². The summed E-state index contributed by atoms with van der Waals surface area (Å²) in [6.07, 6.45) is 0. The van der Waals surface area contributed by atoms with Crippen LogP contribution in [0.5, 0.6) is 0 Å². The minimum absolute atomic E-state index is 0.0387. The van der Waals surface area contributed by atoms with Crippen LogP contribution in [-0.4, -0.2) is 26.6 Å². The highest BCUT2D eigenvalue weighted by molar-refractivity contribution is 7.90. The first kappa shape index (κ1) is 23.0. The zero-order valence-corrected chi connectivity index (χ0v) is 18.4. The largest absolute Gasteiger partial charge is 0.369 e. The number of hydrogen-bond donors (Lipinski definition) is 3. The fourth-order valence-electron chi connectivity index (χ4n) is 3.01. The quantitative estimate of drug-likeness (QED) is 0.362. The van der Waals surface area contributed by atoms with Gasteiger partial charge in [-0.3, -0.25) is 4.99 Å². The Morgan fingerprint density at radius 2 is 1.69 bits per heavy atom. The minimum atomic E-state index is -3.96. The van der Waals surface area contributed by atoms with E-state index in [1.807, 2.05) is 36.4 Å². The summed E-state index contributed by atoms with van der Waals surface area (Å²) in [5, 5.41) is 18.1. The Labute approximate surface area is 191 Å². The molecule has 3 aromatic rings. The van der Waals surface area contributed by atoms with Gasteiger partial charge in [0.15, 0.2) is 0 Å². The average molecular weight is 466 g/mol. The molecule has 1 unspecified atom stereocenters. The average Bonchev–Trinajstić information content (AvgIpc) is 2.80. The van der Waals surface area contributed by atoms with Gasteiger partial charge < -0.3 is 11.1 Å². The maximum Gasteiger partial charge on any atom is 0.264 e. The highest BCUT2D eigenvalue weighted by Crippen LogP contribution is 2.22. The van der Waals surface area contributed by atoms with Gasteiger partial charge in [0.25, 0.3) is 10.0 Å². The molecule has 0 aliphatic carbocycles. The third kappa shape index (κ3) is 5.72. The molecule has 7 nitrogen and oxygen atoms in total. The molecule has 0 bridgehead atoms. The SMILES string of the molecule is N#Cc1ccc(S(=O)(=O)NC(N)=NCC(C(=N)c2ccc(Cl)cc2)c2ccccc2)cc1. The van der Waals surface area contributed by atoms with Gasteiger partial charge in [0.1, 0.15) is 0 Å². The van der Waals surface area contributed by atoms with E-state index in [9.17, 15) is 8.42 Å². The van der Waals surface area contributed by atoms with Gasteiger partial charge in [0.2, 0.25) is 5.96 Å². The van der Waals surface area contributed by atoms with Crippen LogP contribution in [0.2, 0.25) is 5.02 Å². The third-order valence-electron chi connectivity index (χ3n) is 4.68. The van der Waals surface area contributed by atoms with Crippen molar-refractivity contribution in [1.82, 2.24) is 4.72 Å². The Morgan fingerprint density at radius 1 is 1.06 bits per heavy atom. The third-order valence-corrected chi connectivity index (χ3v) is 6.31. The minimum Gasteiger partial charge on any atom is -0.369 e. The number of nitrogens with zero attached hydrogens (tertiary/aromatic N) is 2. The lowest BCUT2D eigenvalue weighted by Crippen LogP contribution is -2.37. The summed E-state index contributed by atoms with van der Waals surface area (Å²) in [5.41, 5.74) is 8.03. The maximum atomic E-state index is 12.5. The summed E-state index contributed by atoms with van der Waals surface area (Å²) < 4.78 is 27.3. The molecule has 0 saturated carbocycles. The second-order valence-corrected chi connectivity index (χ2v) is 8.97. The summed E-state index contributed by atoms with van der Waals surface area (Å²) >= 11 is 5.95. The second kappa shape index (κ2) is 10.1. The van der Waals surface area contributed by atoms with E-state index in [0.29, 0.717) is 21.9 Å². The number of hydrogen-bond acceptors (Lipinski definition) is 5. The van der Waals surface area contributed by atoms with Crippen LogP contribution < -0.4 is 10.5 Å². The van der Waals surface area contributed by atoms with Gasteiger partial charge in [-0.2, -0.15) is 5.26 Å². The summed E-state index contributed by atoms with van der Waals surface area (Å²) in [6, 6.07) is 23.6. The molecular formula is C23H20ClN5O2S. The van der Waals surface area contributed by atoms with Gasteiger partial charge in [0.05, 0.1) is 23.1 Å². The van der Waals surface area contributed by atoms with Crippen molar-refractivity contribution in [3.05, 3.63) is 101 Å². The number of nitrogens with two attached hydrogens (primary N) is 1. The zero-order chi connectivity index (χ0) is 23.1. The van der Waals surface area contributed by atoms with Gasteiger partial charge in [-0.05, 0) is 47.5 Å². The summed E-state index contributed by atoms with van der Waals surface area (Å²) in [5.74, 6) is -0.741. The standard InChI is InChI=1S/C23H20ClN5O2S/c24-19-10-8-18(9-11-19)22(26)21(17-4-2-1-3-5-17)15-28-23(27)29-32(30,31)20-12-6-16(14-25)7-13-20/h1-13,21,26H,15H2,(H3,27,28,29). The number of sulfonamides is 1. The van der Waals surface area contributed by atoms with Crippen molar-refractivity contribution < 1.29 is 8.42 Å². The summed E-state index contributed by atoms with van der Waals surface area (Å²) in [6.45, 7) is 0.0627. The number of aliphatic imine (C=N–C) groups is 1. The Bertz CT molecular complexity index is 1270. The molecule has 9 heteroatoms. The number of benzene rings is 3. The summed E-state index contributed by atoms with van der Waals surface area (Å²) in [7, 11) is -3.96. The first-order valence-electron chi connectivity index (χ1n) is 9.52. The van der Waals surface area contributed by atoms with Crippen molar-refractivity contribution >= 4 is 33.3 Å². The van der Waals surface area contributed by atoms with Crippen LogP contribution in [0.3, 0.4) is 0 Å². The molecule has 3 aromatic carbocycles. The lowest BCUT2D eigenvalue weighted by molar-refractivity contribution is 0.592. The van der Waals surface area contributed by atoms with Crippen molar-refractivity contribution in [1.29, 1.82) is 10.7 Å². The molecule has 0 aromatic heterocycles. The molecule has 0 aliphatic rings. The van der Waals surface area contributed by atoms with Crippen molar-refractivity contribution in [2.75, 3.05) is 6.54 Å². The molecule has 162 valence electrons. The fraction of sp³-hybridized carbons (Fsp3) is 0.0870. The van der Waals surface area contributed by atoms with Gasteiger partial charge >= 0.3 is 0 Å². The molecule has 0 amide bonds. The lowest BCUT2D eigenvalue weighted by Gasteiger charge is -2.18. The van der Waals surface area contributed by atoms with Crippen molar-refractivity contribution in [3.63, 3.8) is 0 Å². The number of guanidine groups is 1. The molecule has 32 heavy (non-hydrogen) atoms. The highest BCUT2D eigenvalue weighted by Gasteiger charge is 2.20. The molecular weight excluding hydrogens is 446 g/mol. The van der Waals surface area contributed by atoms with Gasteiger partial charge in [-0.15, -0.1) is 0 Å². The van der Waals surface area contributed by atoms with E-state index in [1.165, 1.54) is 24.3 Å². The molecule has 1 atom stereocenters. The molecule has 3 rings (SSSR count). The van der Waals surface area contributed by atoms with E-state index >= 15 is 0 Å². The second-order valence-electron chi connectivity index (χ2n) is 6.85. The Balaban J connectivity index is 1.82. The predicted octanol–water partition coefficient (Wildman–Crippen LogP) is 3.66. The van der Waals surface area contributed by atoms with Gasteiger partial charge in [-0.1, -0.05) is 54.1 Å². The number of halogens is 1. The molecule has 0 fully saturated rings. The van der Waals surface area contributed by atoms with Gasteiger partial charge in [0, 0.05) is 16.7 Å². The van der Waals surface area contributed by atoms with E-state index in [1.54, 1.807) is 24.3 Å². The van der Waals surface area contributed by atoms with Crippen LogP contribution in [0.1, 0.15) is 22.6 Å². The predicted molar refractivity (Wildman–Crippen MR) is 125 cm³/mol. The molecule has 0 spiro atoms. The maximum absolute atomic E-state index is 12.5. The van der Waals surface area contributed by atoms with Crippen LogP contribution in [0.25, 0.3) is 0 Å². The molecule has 4 N–H and O–H groups in total. The normalized spacial score (nSPS) is 12.6. The van der Waals surface area contributed by atoms with Crippen LogP contribution in [-0.2, 0) is 10.0 Å². The zero-order valence-electron chi connectivity index (χ0n) is 16.9. The van der Waals surface area contributed by atoms with Crippen LogP contribution in [0, 0.1) is 16.7 Å². The molecule has 0 saturated heterocycles. The van der Waals surface area contributed by atoms with Crippen LogP contribution >= 0.6 is 11.6 Å². The number of rotatable bonds is 7. The Hall–Kier alpha value is -3.67. The van der Waals surface area contributed by atoms with Crippen molar-refractivity contribution in [2.24, 2.45) is 10.7 Å². The van der Waals surface area contributed by atoms with Crippen LogP contribution in [0.15, 0.2) is 88.8 Å². The van der Waals surface area contributed by atoms with E-state index < -0.39 is 15.9 Å². The smallest absolute Gasteiger partial charge is 0.264 e. The topological polar surface area (TPSA) is 132 Å². The lowest BCUT2D eigenvalue weighted by atomic mass is 9.90. The first-order valence-corrected chi connectivity index (χ1v) is 11.4. The Kier molecular flexibility index (Phi) is 7.25. The molecule has 0 aliphatic heterocycles. The van der Waals surface area contributed by atoms with E-state index in [4.69, 9.17) is 28.0 Å². The fourth-order valence-corrected chi connectivity index (χ4v) is 4.08. The Morgan fingerprint density at radius 3 is 2.28 bits per heavy atom. The number of nitrogens with one attached hydrogen (secondary N) is 2. The van der Waals surface area contributed by atoms with Crippen LogP contribution in [0.4, 0.5) is 0 Å². The number of nitriles is 1. The first-order chi connectivity index (χ1) is 15.3. The molecule has 0 radical (unpaired) electrons.